The van der Waals surface area contributed by atoms with Crippen LogP contribution in [0.3, 0.4) is 0 Å². The monoisotopic (exact) mass is 503 g/mol. The molecule has 0 aliphatic heterocycles. The van der Waals surface area contributed by atoms with Crippen molar-refractivity contribution in [2.24, 2.45) is 5.92 Å². The third-order valence-corrected chi connectivity index (χ3v) is 5.63. The van der Waals surface area contributed by atoms with Crippen LogP contribution in [0.15, 0.2) is 24.3 Å². The van der Waals surface area contributed by atoms with E-state index >= 15 is 0 Å². The van der Waals surface area contributed by atoms with Crippen molar-refractivity contribution < 1.29 is 33.4 Å². The van der Waals surface area contributed by atoms with Crippen LogP contribution in [-0.2, 0) is 35.1 Å². The summed E-state index contributed by atoms with van der Waals surface area (Å²) >= 11 is 0. The highest BCUT2D eigenvalue weighted by Gasteiger charge is 2.28. The molecule has 10 nitrogen and oxygen atoms in total. The van der Waals surface area contributed by atoms with Crippen LogP contribution in [0.5, 0.6) is 0 Å². The van der Waals surface area contributed by atoms with Crippen molar-refractivity contribution in [2.45, 2.75) is 58.3 Å². The van der Waals surface area contributed by atoms with Crippen LogP contribution in [0.1, 0.15) is 57.4 Å². The first kappa shape index (κ1) is 29.0. The summed E-state index contributed by atoms with van der Waals surface area (Å²) in [7, 11) is 0. The Balaban J connectivity index is 1.56. The molecule has 0 aromatic heterocycles. The second kappa shape index (κ2) is 16.4. The molecule has 1 unspecified atom stereocenters. The Morgan fingerprint density at radius 2 is 1.72 bits per heavy atom. The number of benzene rings is 1. The van der Waals surface area contributed by atoms with Gasteiger partial charge >= 0.3 is 6.09 Å². The molecule has 0 radical (unpaired) electrons. The maximum Gasteiger partial charge on any atom is 0.407 e. The van der Waals surface area contributed by atoms with Gasteiger partial charge in [-0.1, -0.05) is 25.5 Å². The molecule has 0 spiro atoms. The van der Waals surface area contributed by atoms with E-state index in [1.165, 1.54) is 0 Å². The summed E-state index contributed by atoms with van der Waals surface area (Å²) in [5, 5.41) is 7.87. The van der Waals surface area contributed by atoms with Crippen molar-refractivity contribution in [3.8, 4) is 0 Å². The van der Waals surface area contributed by atoms with Gasteiger partial charge in [0, 0.05) is 44.6 Å². The van der Waals surface area contributed by atoms with Gasteiger partial charge in [-0.05, 0) is 37.0 Å². The molecule has 1 fully saturated rings. The molecule has 1 aliphatic rings. The highest BCUT2D eigenvalue weighted by atomic mass is 16.5. The Morgan fingerprint density at radius 3 is 2.44 bits per heavy atom. The fourth-order valence-corrected chi connectivity index (χ4v) is 3.74. The lowest BCUT2D eigenvalue weighted by Crippen LogP contribution is -2.31. The molecule has 10 heteroatoms. The molecule has 2 rings (SSSR count). The zero-order valence-corrected chi connectivity index (χ0v) is 20.9. The molecule has 1 saturated carbocycles. The summed E-state index contributed by atoms with van der Waals surface area (Å²) in [5.74, 6) is -1.38. The number of ether oxygens (including phenoxy) is 2. The first-order chi connectivity index (χ1) is 17.4. The largest absolute Gasteiger partial charge is 0.449 e. The molecule has 3 amide bonds. The van der Waals surface area contributed by atoms with Gasteiger partial charge in [0.05, 0.1) is 19.1 Å². The average molecular weight is 504 g/mol. The Morgan fingerprint density at radius 1 is 0.944 bits per heavy atom. The van der Waals surface area contributed by atoms with Crippen LogP contribution in [0, 0.1) is 5.92 Å². The van der Waals surface area contributed by atoms with Crippen molar-refractivity contribution in [3.05, 3.63) is 29.8 Å². The lowest BCUT2D eigenvalue weighted by molar-refractivity contribution is -0.134. The zero-order chi connectivity index (χ0) is 26.2. The van der Waals surface area contributed by atoms with Crippen molar-refractivity contribution in [1.29, 1.82) is 0 Å². The normalized spacial score (nSPS) is 15.1. The number of rotatable bonds is 15. The van der Waals surface area contributed by atoms with Crippen LogP contribution >= 0.6 is 0 Å². The number of anilines is 1. The first-order valence-electron chi connectivity index (χ1n) is 12.6. The quantitative estimate of drug-likeness (QED) is 0.247. The fourth-order valence-electron chi connectivity index (χ4n) is 3.74. The summed E-state index contributed by atoms with van der Waals surface area (Å²) < 4.78 is 10.3. The van der Waals surface area contributed by atoms with Crippen molar-refractivity contribution >= 4 is 35.2 Å². The molecule has 0 saturated heterocycles. The number of nitrogens with one attached hydrogen (secondary N) is 3. The van der Waals surface area contributed by atoms with Gasteiger partial charge < -0.3 is 25.4 Å². The van der Waals surface area contributed by atoms with E-state index in [-0.39, 0.29) is 44.2 Å². The molecule has 198 valence electrons. The molecule has 1 atom stereocenters. The third-order valence-electron chi connectivity index (χ3n) is 5.63. The zero-order valence-electron chi connectivity index (χ0n) is 20.9. The van der Waals surface area contributed by atoms with Crippen LogP contribution in [0.25, 0.3) is 0 Å². The number of hydrogen-bond acceptors (Lipinski definition) is 7. The van der Waals surface area contributed by atoms with E-state index in [9.17, 15) is 24.0 Å². The summed E-state index contributed by atoms with van der Waals surface area (Å²) in [6.45, 7) is 3.70. The molecule has 36 heavy (non-hydrogen) atoms. The second-order valence-electron chi connectivity index (χ2n) is 8.71. The van der Waals surface area contributed by atoms with Crippen LogP contribution in [-0.4, -0.2) is 62.4 Å². The smallest absolute Gasteiger partial charge is 0.407 e. The minimum Gasteiger partial charge on any atom is -0.449 e. The van der Waals surface area contributed by atoms with Gasteiger partial charge in [-0.2, -0.15) is 0 Å². The van der Waals surface area contributed by atoms with Gasteiger partial charge in [-0.15, -0.1) is 0 Å². The molecule has 1 aromatic rings. The number of carbonyl (C=O) groups excluding carboxylic acids is 5. The van der Waals surface area contributed by atoms with E-state index in [1.54, 1.807) is 24.3 Å². The summed E-state index contributed by atoms with van der Waals surface area (Å²) in [6, 6.07) is 6.82. The van der Waals surface area contributed by atoms with Gasteiger partial charge in [0.1, 0.15) is 18.0 Å². The van der Waals surface area contributed by atoms with Gasteiger partial charge in [0.15, 0.2) is 0 Å². The summed E-state index contributed by atoms with van der Waals surface area (Å²) in [5.41, 5.74) is 1.30. The molecule has 0 heterocycles. The van der Waals surface area contributed by atoms with Crippen LogP contribution in [0.4, 0.5) is 10.5 Å². The Kier molecular flexibility index (Phi) is 13.2. The molecular weight excluding hydrogens is 466 g/mol. The topological polar surface area (TPSA) is 140 Å². The minimum atomic E-state index is -0.486. The Labute approximate surface area is 211 Å². The number of ketones is 2. The van der Waals surface area contributed by atoms with E-state index in [0.717, 1.165) is 24.8 Å². The molecular formula is C26H37N3O7. The lowest BCUT2D eigenvalue weighted by Gasteiger charge is -2.19. The van der Waals surface area contributed by atoms with Crippen molar-refractivity contribution in [2.75, 3.05) is 38.2 Å². The third kappa shape index (κ3) is 11.4. The maximum absolute atomic E-state index is 12.4. The van der Waals surface area contributed by atoms with E-state index in [1.807, 2.05) is 6.92 Å². The van der Waals surface area contributed by atoms with E-state index in [0.29, 0.717) is 38.1 Å². The fraction of sp³-hybridized carbons (Fsp3) is 0.577. The molecule has 3 N–H and O–H groups in total. The number of hydrogen-bond donors (Lipinski definition) is 3. The van der Waals surface area contributed by atoms with E-state index < -0.39 is 23.8 Å². The summed E-state index contributed by atoms with van der Waals surface area (Å²) in [6.07, 6.45) is 3.69. The van der Waals surface area contributed by atoms with Gasteiger partial charge in [-0.3, -0.25) is 19.2 Å². The number of amides is 3. The summed E-state index contributed by atoms with van der Waals surface area (Å²) in [4.78, 5) is 59.7. The number of Topliss-reactive ketones (excluding diaryl/α,β-unsaturated/α-hetero) is 2. The standard InChI is InChI=1S/C26H37N3O7/c1-2-12-28-26(34)36-15-5-14-35-16-13-27-24(32)18-25(33)29-20-10-8-19(9-11-20)17-23(31)21-6-3-4-7-22(21)30/h8-11,21H,2-7,12-18H2,1H3,(H,27,32)(H,28,34)(H,29,33). The van der Waals surface area contributed by atoms with Crippen LogP contribution in [0.2, 0.25) is 0 Å². The van der Waals surface area contributed by atoms with E-state index in [4.69, 9.17) is 9.47 Å². The van der Waals surface area contributed by atoms with Crippen molar-refractivity contribution in [1.82, 2.24) is 10.6 Å². The highest BCUT2D eigenvalue weighted by Crippen LogP contribution is 2.23. The maximum atomic E-state index is 12.4. The van der Waals surface area contributed by atoms with Gasteiger partial charge in [-0.25, -0.2) is 4.79 Å². The lowest BCUT2D eigenvalue weighted by atomic mass is 9.83. The highest BCUT2D eigenvalue weighted by molar-refractivity contribution is 6.04. The molecule has 1 aromatic carbocycles. The average Bonchev–Trinajstić information content (AvgIpc) is 2.85. The number of alkyl carbamates (subject to hydrolysis) is 1. The van der Waals surface area contributed by atoms with Crippen LogP contribution < -0.4 is 16.0 Å². The molecule has 0 bridgehead atoms. The Hall–Kier alpha value is -3.27. The Bertz CT molecular complexity index is 886. The predicted molar refractivity (Wildman–Crippen MR) is 133 cm³/mol. The second-order valence-corrected chi connectivity index (χ2v) is 8.71. The number of carbonyl (C=O) groups is 5. The predicted octanol–water partition coefficient (Wildman–Crippen LogP) is 2.55. The molecule has 1 aliphatic carbocycles. The first-order valence-corrected chi connectivity index (χ1v) is 12.6. The van der Waals surface area contributed by atoms with Gasteiger partial charge in [0.2, 0.25) is 11.8 Å². The van der Waals surface area contributed by atoms with Gasteiger partial charge in [0.25, 0.3) is 0 Å². The minimum absolute atomic E-state index is 0.0400. The van der Waals surface area contributed by atoms with E-state index in [2.05, 4.69) is 16.0 Å². The van der Waals surface area contributed by atoms with Crippen molar-refractivity contribution in [3.63, 3.8) is 0 Å². The SMILES string of the molecule is CCCNC(=O)OCCCOCCNC(=O)CC(=O)Nc1ccc(CC(=O)C2CCCCC2=O)cc1.